The van der Waals surface area contributed by atoms with Crippen LogP contribution in [0.25, 0.3) is 22.3 Å². The number of rotatable bonds is 23. The Hall–Kier alpha value is -8.11. The summed E-state index contributed by atoms with van der Waals surface area (Å²) in [6, 6.07) is 10.2. The van der Waals surface area contributed by atoms with Crippen LogP contribution in [0.5, 0.6) is 0 Å². The fraction of sp³-hybridized carbons (Fsp3) is 0.418. The molecule has 77 heavy (non-hydrogen) atoms. The van der Waals surface area contributed by atoms with Gasteiger partial charge in [0.05, 0.1) is 67.2 Å². The van der Waals surface area contributed by atoms with Crippen molar-refractivity contribution in [1.29, 1.82) is 0 Å². The minimum atomic E-state index is -1.60. The molecule has 7 N–H and O–H groups in total. The third-order valence-corrected chi connectivity index (χ3v) is 14.4. The zero-order valence-corrected chi connectivity index (χ0v) is 43.1. The molecule has 2 aromatic heterocycles. The van der Waals surface area contributed by atoms with Crippen LogP contribution in [0.1, 0.15) is 104 Å². The molecule has 5 heterocycles. The average Bonchev–Trinajstić information content (AvgIpc) is 4.09. The van der Waals surface area contributed by atoms with Crippen LogP contribution in [0.2, 0.25) is 0 Å². The summed E-state index contributed by atoms with van der Waals surface area (Å²) in [7, 11) is 0. The molecular formula is C55H62FN9O12. The fourth-order valence-electron chi connectivity index (χ4n) is 10.2. The molecule has 8 rings (SSSR count). The molecule has 1 aliphatic carbocycles. The number of imide groups is 1. The smallest absolute Gasteiger partial charge is 0.258 e. The number of aliphatic hydroxyl groups is 1. The first-order chi connectivity index (χ1) is 36.9. The topological polar surface area (TPSA) is 286 Å². The lowest BCUT2D eigenvalue weighted by Gasteiger charge is -2.35. The van der Waals surface area contributed by atoms with Crippen molar-refractivity contribution >= 4 is 58.2 Å². The molecule has 8 amide bonds. The van der Waals surface area contributed by atoms with E-state index in [1.807, 2.05) is 0 Å². The van der Waals surface area contributed by atoms with E-state index >= 15 is 4.39 Å². The summed E-state index contributed by atoms with van der Waals surface area (Å²) in [4.78, 5) is 121. The van der Waals surface area contributed by atoms with E-state index in [-0.39, 0.29) is 81.2 Å². The summed E-state index contributed by atoms with van der Waals surface area (Å²) >= 11 is 0. The number of amides is 8. The predicted octanol–water partition coefficient (Wildman–Crippen LogP) is 2.05. The molecular weight excluding hydrogens is 998 g/mol. The molecule has 22 heteroatoms. The van der Waals surface area contributed by atoms with Crippen molar-refractivity contribution in [2.45, 2.75) is 115 Å². The Morgan fingerprint density at radius 2 is 1.60 bits per heavy atom. The summed E-state index contributed by atoms with van der Waals surface area (Å²) in [5.74, 6) is -4.42. The summed E-state index contributed by atoms with van der Waals surface area (Å²) in [5.41, 5.74) is 3.45. The third-order valence-electron chi connectivity index (χ3n) is 14.4. The second-order valence-corrected chi connectivity index (χ2v) is 19.6. The first-order valence-corrected chi connectivity index (χ1v) is 25.7. The Kier molecular flexibility index (Phi) is 17.1. The Morgan fingerprint density at radius 1 is 0.896 bits per heavy atom. The van der Waals surface area contributed by atoms with Crippen LogP contribution in [-0.2, 0) is 79.4 Å². The van der Waals surface area contributed by atoms with E-state index in [2.05, 4.69) is 38.5 Å². The van der Waals surface area contributed by atoms with Gasteiger partial charge in [-0.3, -0.25) is 48.1 Å². The molecule has 4 atom stereocenters. The molecule has 0 saturated carbocycles. The van der Waals surface area contributed by atoms with Gasteiger partial charge in [0, 0.05) is 54.1 Å². The summed E-state index contributed by atoms with van der Waals surface area (Å²) in [6.07, 6.45) is 4.46. The number of carbonyl (C=O) groups is 8. The van der Waals surface area contributed by atoms with E-state index in [9.17, 15) is 48.3 Å². The summed E-state index contributed by atoms with van der Waals surface area (Å²) < 4.78 is 28.4. The molecule has 0 bridgehead atoms. The highest BCUT2D eigenvalue weighted by atomic mass is 19.1. The highest BCUT2D eigenvalue weighted by Gasteiger charge is 2.42. The van der Waals surface area contributed by atoms with Gasteiger partial charge in [-0.05, 0) is 74.3 Å². The van der Waals surface area contributed by atoms with Gasteiger partial charge >= 0.3 is 0 Å². The van der Waals surface area contributed by atoms with Crippen molar-refractivity contribution in [3.63, 3.8) is 0 Å². The molecule has 0 saturated heterocycles. The minimum absolute atomic E-state index is 0.0561. The Morgan fingerprint density at radius 3 is 2.34 bits per heavy atom. The van der Waals surface area contributed by atoms with Crippen molar-refractivity contribution in [2.24, 2.45) is 0 Å². The number of ether oxygens (including phenoxy) is 2. The molecule has 4 aliphatic rings. The van der Waals surface area contributed by atoms with Gasteiger partial charge in [0.15, 0.2) is 0 Å². The minimum Gasteiger partial charge on any atom is -0.490 e. The molecule has 21 nitrogen and oxygen atoms in total. The maximum Gasteiger partial charge on any atom is 0.258 e. The lowest BCUT2D eigenvalue weighted by atomic mass is 9.81. The monoisotopic (exact) mass is 1060 g/mol. The highest BCUT2D eigenvalue weighted by molar-refractivity contribution is 6.12. The summed E-state index contributed by atoms with van der Waals surface area (Å²) in [6.45, 7) is 7.67. The normalized spacial score (nSPS) is 17.6. The predicted molar refractivity (Wildman–Crippen MR) is 276 cm³/mol. The van der Waals surface area contributed by atoms with E-state index in [1.54, 1.807) is 61.7 Å². The highest BCUT2D eigenvalue weighted by Crippen LogP contribution is 2.47. The molecule has 4 aromatic rings. The van der Waals surface area contributed by atoms with Crippen molar-refractivity contribution in [3.8, 4) is 11.4 Å². The number of fused-ring (bicyclic) bond motifs is 5. The van der Waals surface area contributed by atoms with Crippen LogP contribution >= 0.6 is 0 Å². The van der Waals surface area contributed by atoms with Crippen molar-refractivity contribution in [2.75, 3.05) is 32.9 Å². The number of unbranched alkanes of at least 4 members (excludes halogenated alkanes) is 2. The lowest BCUT2D eigenvalue weighted by Crippen LogP contribution is -2.52. The van der Waals surface area contributed by atoms with Gasteiger partial charge in [0.25, 0.3) is 17.4 Å². The number of aromatic nitrogens is 2. The number of benzene rings is 2. The molecule has 0 radical (unpaired) electrons. The van der Waals surface area contributed by atoms with Crippen LogP contribution in [0.15, 0.2) is 71.7 Å². The Balaban J connectivity index is 0.800. The van der Waals surface area contributed by atoms with E-state index in [4.69, 9.17) is 14.5 Å². The number of halogens is 1. The molecule has 0 fully saturated rings. The van der Waals surface area contributed by atoms with Gasteiger partial charge in [-0.15, -0.1) is 0 Å². The van der Waals surface area contributed by atoms with Crippen LogP contribution < -0.4 is 37.5 Å². The molecule has 2 aromatic carbocycles. The maximum atomic E-state index is 15.4. The number of nitrogens with one attached hydrogen (secondary N) is 6. The standard InChI is InChI=1S/C55H62FN9O12/c1-5-55(75)32(4)76-28-36-37(55)22-42-52-35(27-65(42)54(36)74)51-39(16-15-34-31(3)38(56)23-40(63-52)50(34)51)61-44(67)20-30(2)77-29-60-46(69)25-59-53(73)41(21-33-12-8-6-9-13-33)62-47(70)26-58-45(68)24-57-43(66)14-10-7-11-19-64-48(71)17-18-49(64)72/h6,8-9,12-13,17-18,22-23,30,39,41,75H,4-5,7,10-11,14-16,19-21,24-29H2,1-3H3,(H,57,66)(H,58,68)(H,59,73)(H,60,69)(H,61,67)(H,62,70)/t30-,39+,41+,55-/m1/s1. The van der Waals surface area contributed by atoms with Gasteiger partial charge < -0.3 is 51.0 Å². The first kappa shape index (κ1) is 55.1. The second kappa shape index (κ2) is 23.8. The number of hydrogen-bond donors (Lipinski definition) is 7. The van der Waals surface area contributed by atoms with Gasteiger partial charge in [-0.1, -0.05) is 50.3 Å². The second-order valence-electron chi connectivity index (χ2n) is 19.6. The van der Waals surface area contributed by atoms with Crippen LogP contribution in [-0.4, -0.2) is 112 Å². The van der Waals surface area contributed by atoms with Gasteiger partial charge in [-0.2, -0.15) is 0 Å². The van der Waals surface area contributed by atoms with E-state index in [0.717, 1.165) is 21.4 Å². The molecule has 3 aliphatic heterocycles. The number of hydrogen-bond acceptors (Lipinski definition) is 13. The van der Waals surface area contributed by atoms with Crippen LogP contribution in [0.3, 0.4) is 0 Å². The Bertz CT molecular complexity index is 3140. The number of nitrogens with zero attached hydrogens (tertiary/aromatic N) is 3. The summed E-state index contributed by atoms with van der Waals surface area (Å²) in [5, 5.41) is 28.0. The molecule has 406 valence electrons. The number of carbonyl (C=O) groups excluding carboxylic acids is 8. The lowest BCUT2D eigenvalue weighted by molar-refractivity contribution is -0.137. The van der Waals surface area contributed by atoms with Crippen LogP contribution in [0, 0.1) is 12.7 Å². The largest absolute Gasteiger partial charge is 0.490 e. The quantitative estimate of drug-likeness (QED) is 0.0281. The maximum absolute atomic E-state index is 15.4. The van der Waals surface area contributed by atoms with Crippen molar-refractivity contribution in [3.05, 3.63) is 122 Å². The average molecular weight is 1060 g/mol. The van der Waals surface area contributed by atoms with Crippen molar-refractivity contribution < 1.29 is 57.3 Å². The third kappa shape index (κ3) is 12.3. The number of aryl methyl sites for hydroxylation is 1. The first-order valence-electron chi connectivity index (χ1n) is 25.7. The van der Waals surface area contributed by atoms with Gasteiger partial charge in [0.1, 0.15) is 36.6 Å². The number of pyridine rings is 2. The zero-order valence-electron chi connectivity index (χ0n) is 43.1. The molecule has 0 spiro atoms. The van der Waals surface area contributed by atoms with E-state index in [0.29, 0.717) is 76.8 Å². The fourth-order valence-corrected chi connectivity index (χ4v) is 10.2. The Labute approximate surface area is 442 Å². The van der Waals surface area contributed by atoms with Crippen LogP contribution in [0.4, 0.5) is 4.39 Å². The SMILES string of the molecule is C=C1OCc2c(cc3n(c2=O)Cc2c-3nc3cc(F)c(C)c4c3c2[C@@H](NC(=O)C[C@@H](C)OCNC(=O)CNC(=O)[C@H](Cc2ccccc2)NC(=O)CNC(=O)CNC(=O)CCCCCN2C(=O)C=CC2=O)CC4)[C@@]1(O)CC. The van der Waals surface area contributed by atoms with E-state index in [1.165, 1.54) is 18.2 Å². The van der Waals surface area contributed by atoms with Gasteiger partial charge in [0.2, 0.25) is 35.4 Å². The van der Waals surface area contributed by atoms with Crippen molar-refractivity contribution in [1.82, 2.24) is 46.4 Å². The van der Waals surface area contributed by atoms with Gasteiger partial charge in [-0.25, -0.2) is 9.37 Å². The molecule has 0 unspecified atom stereocenters. The van der Waals surface area contributed by atoms with E-state index < -0.39 is 78.8 Å². The zero-order chi connectivity index (χ0) is 55.1.